The van der Waals surface area contributed by atoms with Gasteiger partial charge in [-0.1, -0.05) is 0 Å². The molecule has 1 aliphatic heterocycles. The maximum atomic E-state index is 3.93. The number of hydrogen-bond acceptors (Lipinski definition) is 0. The van der Waals surface area contributed by atoms with Crippen molar-refractivity contribution in [3.8, 4) is 0 Å². The van der Waals surface area contributed by atoms with Crippen molar-refractivity contribution in [1.29, 1.82) is 0 Å². The second-order valence-electron chi connectivity index (χ2n) is 2.34. The van der Waals surface area contributed by atoms with Crippen LogP contribution in [0.1, 0.15) is 19.8 Å². The van der Waals surface area contributed by atoms with Crippen LogP contribution >= 0.6 is 12.8 Å². The average molecular weight is 293 g/mol. The first-order chi connectivity index (χ1) is 3.77. The molecule has 0 unspecified atom stereocenters. The molecule has 0 bridgehead atoms. The van der Waals surface area contributed by atoms with E-state index in [2.05, 4.69) is 19.7 Å². The first-order valence-electron chi connectivity index (χ1n) is 3.23. The fraction of sp³-hybridized carbons (Fsp3) is 1.00. The van der Waals surface area contributed by atoms with Crippen molar-refractivity contribution in [3.05, 3.63) is 0 Å². The van der Waals surface area contributed by atoms with Crippen LogP contribution in [-0.4, -0.2) is 16.0 Å². The molecule has 50 valence electrons. The normalized spacial score (nSPS) is 30.2. The van der Waals surface area contributed by atoms with E-state index in [0.29, 0.717) is 0 Å². The molecule has 1 aliphatic rings. The summed E-state index contributed by atoms with van der Waals surface area (Å²) in [5.41, 5.74) is 0. The molecule has 1 rings (SSSR count). The van der Waals surface area contributed by atoms with E-state index in [1.165, 1.54) is 17.3 Å². The van der Waals surface area contributed by atoms with Gasteiger partial charge in [0.25, 0.3) is 0 Å². The van der Waals surface area contributed by atoms with Crippen molar-refractivity contribution < 1.29 is 0 Å². The molecule has 0 saturated carbocycles. The van der Waals surface area contributed by atoms with Crippen LogP contribution in [0.5, 0.6) is 0 Å². The predicted octanol–water partition coefficient (Wildman–Crippen LogP) is 3.14. The molecule has 0 aromatic heterocycles. The maximum absolute atomic E-state index is 3.93. The quantitative estimate of drug-likeness (QED) is 0.651. The summed E-state index contributed by atoms with van der Waals surface area (Å²) in [6, 6.07) is 0. The molecule has 0 spiro atoms. The van der Waals surface area contributed by atoms with E-state index in [1.807, 2.05) is 0 Å². The zero-order valence-corrected chi connectivity index (χ0v) is 9.24. The van der Waals surface area contributed by atoms with Gasteiger partial charge < -0.3 is 0 Å². The van der Waals surface area contributed by atoms with E-state index in [9.17, 15) is 0 Å². The minimum absolute atomic E-state index is 1.22. The van der Waals surface area contributed by atoms with Crippen LogP contribution in [0.4, 0.5) is 0 Å². The molecule has 8 heavy (non-hydrogen) atoms. The fourth-order valence-electron chi connectivity index (χ4n) is 1.11. The van der Waals surface area contributed by atoms with Gasteiger partial charge in [-0.3, -0.25) is 0 Å². The van der Waals surface area contributed by atoms with Gasteiger partial charge >= 0.3 is 61.9 Å². The summed E-state index contributed by atoms with van der Waals surface area (Å²) in [5, 5.41) is 0. The Balaban J connectivity index is 2.40. The van der Waals surface area contributed by atoms with Gasteiger partial charge in [0, 0.05) is 0 Å². The molecule has 1 fully saturated rings. The van der Waals surface area contributed by atoms with E-state index in [1.54, 1.807) is 8.94 Å². The van der Waals surface area contributed by atoms with Crippen molar-refractivity contribution in [2.45, 2.75) is 33.2 Å². The summed E-state index contributed by atoms with van der Waals surface area (Å²) in [7, 11) is 0. The Kier molecular flexibility index (Phi) is 2.68. The third-order valence-corrected chi connectivity index (χ3v) is 18.0. The summed E-state index contributed by atoms with van der Waals surface area (Å²) in [6.07, 6.45) is 3.03. The fourth-order valence-corrected chi connectivity index (χ4v) is 10.5. The van der Waals surface area contributed by atoms with E-state index in [-0.39, 0.29) is 0 Å². The molecule has 0 amide bonds. The summed E-state index contributed by atoms with van der Waals surface area (Å²) in [6.45, 7) is 2.35. The Bertz CT molecular complexity index is 76.6. The summed E-state index contributed by atoms with van der Waals surface area (Å²) >= 11 is 2.71. The zero-order valence-electron chi connectivity index (χ0n) is 5.32. The van der Waals surface area contributed by atoms with Gasteiger partial charge in [-0.2, -0.15) is 0 Å². The van der Waals surface area contributed by atoms with Crippen LogP contribution in [0.2, 0.25) is 13.4 Å². The third kappa shape index (κ3) is 1.62. The second kappa shape index (κ2) is 2.90. The molecule has 0 radical (unpaired) electrons. The van der Waals surface area contributed by atoms with Crippen LogP contribution in [0.15, 0.2) is 0 Å². The zero-order chi connectivity index (χ0) is 6.04. The molecule has 1 heterocycles. The number of hydrogen-bond donors (Lipinski definition) is 0. The van der Waals surface area contributed by atoms with Gasteiger partial charge in [0.15, 0.2) is 0 Å². The van der Waals surface area contributed by atoms with Crippen LogP contribution in [0, 0.1) is 0 Å². The van der Waals surface area contributed by atoms with Gasteiger partial charge in [-0.15, -0.1) is 0 Å². The van der Waals surface area contributed by atoms with E-state index < -0.39 is 16.0 Å². The van der Waals surface area contributed by atoms with Crippen LogP contribution in [-0.2, 0) is 0 Å². The SMILES string of the molecule is CC[Te]1(Br)CCCC1. The average Bonchev–Trinajstić information content (AvgIpc) is 2.17. The topological polar surface area (TPSA) is 0 Å². The van der Waals surface area contributed by atoms with Gasteiger partial charge in [-0.05, 0) is 0 Å². The van der Waals surface area contributed by atoms with E-state index in [4.69, 9.17) is 0 Å². The van der Waals surface area contributed by atoms with Gasteiger partial charge in [0.2, 0.25) is 0 Å². The first-order valence-corrected chi connectivity index (χ1v) is 13.4. The van der Waals surface area contributed by atoms with E-state index in [0.717, 1.165) is 0 Å². The summed E-state index contributed by atoms with van der Waals surface area (Å²) < 4.78 is 4.65. The van der Waals surface area contributed by atoms with Crippen molar-refractivity contribution >= 4 is 28.7 Å². The Labute approximate surface area is 61.6 Å². The number of rotatable bonds is 1. The molecule has 1 saturated heterocycles. The Morgan fingerprint density at radius 3 is 2.12 bits per heavy atom. The molecule has 0 atom stereocenters. The molecule has 0 aromatic rings. The van der Waals surface area contributed by atoms with Gasteiger partial charge in [0.1, 0.15) is 0 Å². The van der Waals surface area contributed by atoms with Crippen LogP contribution in [0.3, 0.4) is 0 Å². The Hall–Kier alpha value is 1.27. The predicted molar refractivity (Wildman–Crippen MR) is 44.0 cm³/mol. The monoisotopic (exact) mass is 294 g/mol. The Morgan fingerprint density at radius 1 is 1.38 bits per heavy atom. The molecule has 0 aliphatic carbocycles. The molecule has 0 N–H and O–H groups in total. The second-order valence-corrected chi connectivity index (χ2v) is 20.9. The van der Waals surface area contributed by atoms with Crippen molar-refractivity contribution in [2.75, 3.05) is 0 Å². The Morgan fingerprint density at radius 2 is 1.88 bits per heavy atom. The standard InChI is InChI=1S/C6H13BrTe/c1-2-8(7)5-3-4-6-8/h2-6H2,1H3. The third-order valence-electron chi connectivity index (χ3n) is 1.79. The van der Waals surface area contributed by atoms with Crippen LogP contribution in [0.25, 0.3) is 0 Å². The molecule has 2 heteroatoms. The van der Waals surface area contributed by atoms with Gasteiger partial charge in [-0.25, -0.2) is 0 Å². The molecule has 0 nitrogen and oxygen atoms in total. The van der Waals surface area contributed by atoms with Crippen molar-refractivity contribution in [3.63, 3.8) is 0 Å². The summed E-state index contributed by atoms with van der Waals surface area (Å²) in [4.78, 5) is 0. The molecular weight excluding hydrogens is 280 g/mol. The van der Waals surface area contributed by atoms with Crippen molar-refractivity contribution in [2.24, 2.45) is 0 Å². The van der Waals surface area contributed by atoms with E-state index >= 15 is 0 Å². The van der Waals surface area contributed by atoms with Crippen molar-refractivity contribution in [1.82, 2.24) is 0 Å². The molecule has 0 aromatic carbocycles. The van der Waals surface area contributed by atoms with Crippen LogP contribution < -0.4 is 0 Å². The first kappa shape index (κ1) is 7.38. The summed E-state index contributed by atoms with van der Waals surface area (Å²) in [5.74, 6) is 0. The minimum atomic E-state index is -1.22. The number of halogens is 1. The molecular formula is C6H13BrTe. The van der Waals surface area contributed by atoms with Gasteiger partial charge in [0.05, 0.1) is 0 Å².